The number of carbonyl (C=O) groups excluding carboxylic acids is 1. The number of carbonyl (C=O) groups is 1. The fourth-order valence-electron chi connectivity index (χ4n) is 3.08. The molecule has 7 nitrogen and oxygen atoms in total. The first-order chi connectivity index (χ1) is 12.7. The summed E-state index contributed by atoms with van der Waals surface area (Å²) in [6.45, 7) is 3.90. The molecule has 0 spiro atoms. The normalized spacial score (nSPS) is 16.7. The van der Waals surface area contributed by atoms with Gasteiger partial charge in [-0.1, -0.05) is 6.07 Å². The largest absolute Gasteiger partial charge is 0.487 e. The Balaban J connectivity index is 1.49. The van der Waals surface area contributed by atoms with Gasteiger partial charge in [-0.15, -0.1) is 0 Å². The Bertz CT molecular complexity index is 931. The van der Waals surface area contributed by atoms with Crippen LogP contribution in [0.2, 0.25) is 0 Å². The summed E-state index contributed by atoms with van der Waals surface area (Å²) in [6.07, 6.45) is 4.50. The van der Waals surface area contributed by atoms with Crippen LogP contribution in [0.4, 0.5) is 0 Å². The van der Waals surface area contributed by atoms with Gasteiger partial charge in [0.1, 0.15) is 17.4 Å². The monoisotopic (exact) mass is 352 g/mol. The van der Waals surface area contributed by atoms with Crippen LogP contribution in [0.1, 0.15) is 28.2 Å². The van der Waals surface area contributed by atoms with Gasteiger partial charge in [-0.05, 0) is 31.2 Å². The maximum atomic E-state index is 12.6. The molecule has 7 heteroatoms. The summed E-state index contributed by atoms with van der Waals surface area (Å²) in [6, 6.07) is 7.19. The lowest BCUT2D eigenvalue weighted by Crippen LogP contribution is -2.25. The molecule has 4 rings (SSSR count). The van der Waals surface area contributed by atoms with Gasteiger partial charge in [0.2, 0.25) is 0 Å². The number of aryl methyl sites for hydroxylation is 1. The third-order valence-electron chi connectivity index (χ3n) is 4.39. The van der Waals surface area contributed by atoms with Crippen LogP contribution in [0, 0.1) is 6.92 Å². The molecule has 134 valence electrons. The average molecular weight is 352 g/mol. The topological polar surface area (TPSA) is 89.3 Å². The molecule has 1 aliphatic heterocycles. The summed E-state index contributed by atoms with van der Waals surface area (Å²) in [7, 11) is 0. The van der Waals surface area contributed by atoms with E-state index in [2.05, 4.69) is 20.6 Å². The van der Waals surface area contributed by atoms with E-state index in [-0.39, 0.29) is 12.0 Å². The van der Waals surface area contributed by atoms with Crippen molar-refractivity contribution in [3.63, 3.8) is 0 Å². The highest BCUT2D eigenvalue weighted by Crippen LogP contribution is 2.21. The van der Waals surface area contributed by atoms with Crippen molar-refractivity contribution in [3.8, 4) is 5.75 Å². The number of hydrogen-bond acceptors (Lipinski definition) is 6. The van der Waals surface area contributed by atoms with Gasteiger partial charge in [-0.2, -0.15) is 0 Å². The second-order valence-electron chi connectivity index (χ2n) is 6.28. The molecular formula is C19H20N4O3. The van der Waals surface area contributed by atoms with E-state index in [4.69, 9.17) is 9.15 Å². The highest BCUT2D eigenvalue weighted by atomic mass is 16.5. The van der Waals surface area contributed by atoms with Crippen molar-refractivity contribution in [2.75, 3.05) is 13.1 Å². The molecule has 0 radical (unpaired) electrons. The summed E-state index contributed by atoms with van der Waals surface area (Å²) < 4.78 is 11.5. The number of fused-ring (bicyclic) bond motifs is 1. The van der Waals surface area contributed by atoms with Crippen LogP contribution in [0.5, 0.6) is 5.75 Å². The minimum absolute atomic E-state index is 0.139. The number of pyridine rings is 1. The fraction of sp³-hybridized carbons (Fsp3) is 0.316. The van der Waals surface area contributed by atoms with Crippen LogP contribution in [-0.2, 0) is 6.54 Å². The Morgan fingerprint density at radius 2 is 2.35 bits per heavy atom. The minimum Gasteiger partial charge on any atom is -0.487 e. The molecule has 1 aromatic carbocycles. The standard InChI is InChI=1S/C19H20N4O3/c1-12-23-18-15(3-2-4-16(18)25-12)19(24)22-9-13-5-7-21-11-17(13)26-14-6-8-20-10-14/h2-5,7,11,14,20H,6,8-10H2,1H3,(H,22,24)/t14-/m0/s1. The Kier molecular flexibility index (Phi) is 4.53. The summed E-state index contributed by atoms with van der Waals surface area (Å²) in [4.78, 5) is 21.1. The van der Waals surface area contributed by atoms with Gasteiger partial charge in [0.05, 0.1) is 11.8 Å². The molecule has 1 saturated heterocycles. The molecule has 1 atom stereocenters. The van der Waals surface area contributed by atoms with Crippen LogP contribution in [0.15, 0.2) is 41.1 Å². The van der Waals surface area contributed by atoms with E-state index in [1.54, 1.807) is 37.5 Å². The quantitative estimate of drug-likeness (QED) is 0.732. The van der Waals surface area contributed by atoms with Crippen LogP contribution in [0.3, 0.4) is 0 Å². The van der Waals surface area contributed by atoms with Crippen LogP contribution in [-0.4, -0.2) is 35.1 Å². The maximum Gasteiger partial charge on any atom is 0.253 e. The Morgan fingerprint density at radius 1 is 1.42 bits per heavy atom. The second kappa shape index (κ2) is 7.13. The number of hydrogen-bond donors (Lipinski definition) is 2. The van der Waals surface area contributed by atoms with E-state index in [1.165, 1.54) is 0 Å². The van der Waals surface area contributed by atoms with Crippen molar-refractivity contribution in [1.29, 1.82) is 0 Å². The Hall–Kier alpha value is -2.93. The van der Waals surface area contributed by atoms with Crippen LogP contribution < -0.4 is 15.4 Å². The third kappa shape index (κ3) is 3.39. The summed E-state index contributed by atoms with van der Waals surface area (Å²) in [5.41, 5.74) is 2.57. The molecule has 3 aromatic rings. The number of nitrogens with one attached hydrogen (secondary N) is 2. The van der Waals surface area contributed by atoms with Crippen molar-refractivity contribution in [1.82, 2.24) is 20.6 Å². The number of ether oxygens (including phenoxy) is 1. The van der Waals surface area contributed by atoms with Gasteiger partial charge in [0.25, 0.3) is 5.91 Å². The van der Waals surface area contributed by atoms with E-state index in [0.29, 0.717) is 34.8 Å². The SMILES string of the molecule is Cc1nc2c(C(=O)NCc3ccncc3O[C@H]3CCNC3)cccc2o1. The highest BCUT2D eigenvalue weighted by Gasteiger charge is 2.18. The van der Waals surface area contributed by atoms with E-state index in [1.807, 2.05) is 6.07 Å². The van der Waals surface area contributed by atoms with Crippen LogP contribution in [0.25, 0.3) is 11.1 Å². The molecule has 0 saturated carbocycles. The first-order valence-electron chi connectivity index (χ1n) is 8.65. The van der Waals surface area contributed by atoms with Gasteiger partial charge in [-0.25, -0.2) is 4.98 Å². The van der Waals surface area contributed by atoms with Crippen molar-refractivity contribution >= 4 is 17.0 Å². The number of nitrogens with zero attached hydrogens (tertiary/aromatic N) is 2. The molecule has 0 aliphatic carbocycles. The van der Waals surface area contributed by atoms with Gasteiger partial charge < -0.3 is 19.8 Å². The second-order valence-corrected chi connectivity index (χ2v) is 6.28. The van der Waals surface area contributed by atoms with Gasteiger partial charge in [-0.3, -0.25) is 9.78 Å². The number of oxazole rings is 1. The smallest absolute Gasteiger partial charge is 0.253 e. The number of benzene rings is 1. The van der Waals surface area contributed by atoms with Gasteiger partial charge in [0, 0.05) is 31.8 Å². The molecular weight excluding hydrogens is 332 g/mol. The third-order valence-corrected chi connectivity index (χ3v) is 4.39. The number of para-hydroxylation sites is 1. The van der Waals surface area contributed by atoms with Crippen molar-refractivity contribution in [2.45, 2.75) is 26.0 Å². The molecule has 1 fully saturated rings. The summed E-state index contributed by atoms with van der Waals surface area (Å²) in [5, 5.41) is 6.21. The Morgan fingerprint density at radius 3 is 3.19 bits per heavy atom. The van der Waals surface area contributed by atoms with Gasteiger partial charge in [0.15, 0.2) is 11.5 Å². The zero-order valence-electron chi connectivity index (χ0n) is 14.5. The van der Waals surface area contributed by atoms with Gasteiger partial charge >= 0.3 is 0 Å². The van der Waals surface area contributed by atoms with Crippen molar-refractivity contribution in [3.05, 3.63) is 53.7 Å². The van der Waals surface area contributed by atoms with E-state index >= 15 is 0 Å². The minimum atomic E-state index is -0.200. The highest BCUT2D eigenvalue weighted by molar-refractivity contribution is 6.04. The zero-order valence-corrected chi connectivity index (χ0v) is 14.5. The molecule has 2 N–H and O–H groups in total. The number of amides is 1. The number of rotatable bonds is 5. The van der Waals surface area contributed by atoms with E-state index in [0.717, 1.165) is 25.1 Å². The molecule has 1 amide bonds. The Labute approximate surface area is 150 Å². The average Bonchev–Trinajstić information content (AvgIpc) is 3.28. The molecule has 2 aromatic heterocycles. The van der Waals surface area contributed by atoms with E-state index < -0.39 is 0 Å². The molecule has 3 heterocycles. The summed E-state index contributed by atoms with van der Waals surface area (Å²) >= 11 is 0. The molecule has 0 bridgehead atoms. The molecule has 1 aliphatic rings. The zero-order chi connectivity index (χ0) is 17.9. The lowest BCUT2D eigenvalue weighted by molar-refractivity contribution is 0.0952. The first kappa shape index (κ1) is 16.5. The first-order valence-corrected chi connectivity index (χ1v) is 8.65. The van der Waals surface area contributed by atoms with Crippen molar-refractivity contribution in [2.24, 2.45) is 0 Å². The fourth-order valence-corrected chi connectivity index (χ4v) is 3.08. The molecule has 0 unspecified atom stereocenters. The van der Waals surface area contributed by atoms with Crippen molar-refractivity contribution < 1.29 is 13.9 Å². The van der Waals surface area contributed by atoms with E-state index in [9.17, 15) is 4.79 Å². The lowest BCUT2D eigenvalue weighted by Gasteiger charge is -2.16. The lowest BCUT2D eigenvalue weighted by atomic mass is 10.1. The number of aromatic nitrogens is 2. The molecule has 26 heavy (non-hydrogen) atoms. The van der Waals surface area contributed by atoms with Crippen LogP contribution >= 0.6 is 0 Å². The predicted octanol–water partition coefficient (Wildman–Crippen LogP) is 2.20. The predicted molar refractivity (Wildman–Crippen MR) is 96.1 cm³/mol. The maximum absolute atomic E-state index is 12.6. The summed E-state index contributed by atoms with van der Waals surface area (Å²) in [5.74, 6) is 1.04.